The molecule has 7 heteroatoms. The summed E-state index contributed by atoms with van der Waals surface area (Å²) in [5.74, 6) is -2.06. The highest BCUT2D eigenvalue weighted by Crippen LogP contribution is 2.26. The van der Waals surface area contributed by atoms with Crippen LogP contribution in [0.5, 0.6) is 0 Å². The molecule has 1 aromatic carbocycles. The second-order valence-corrected chi connectivity index (χ2v) is 4.86. The van der Waals surface area contributed by atoms with E-state index in [-0.39, 0.29) is 23.4 Å². The van der Waals surface area contributed by atoms with Gasteiger partial charge < -0.3 is 10.4 Å². The third-order valence-corrected chi connectivity index (χ3v) is 3.33. The second-order valence-electron chi connectivity index (χ2n) is 4.86. The first-order chi connectivity index (χ1) is 10.5. The summed E-state index contributed by atoms with van der Waals surface area (Å²) < 4.78 is 27.6. The van der Waals surface area contributed by atoms with Crippen LogP contribution in [-0.4, -0.2) is 33.9 Å². The van der Waals surface area contributed by atoms with Gasteiger partial charge in [-0.15, -0.1) is 0 Å². The zero-order chi connectivity index (χ0) is 16.1. The van der Waals surface area contributed by atoms with E-state index in [0.717, 1.165) is 12.1 Å². The standard InChI is InChI=1S/C15H17F2N3O2/c1-2-9(21)6-7-18-15(22)10-8-19-20-14(10)13-11(16)4-3-5-12(13)17/h3-5,8-9,21H,2,6-7H2,1H3,(H,18,22)(H,19,20). The maximum Gasteiger partial charge on any atom is 0.255 e. The van der Waals surface area contributed by atoms with E-state index in [2.05, 4.69) is 15.5 Å². The van der Waals surface area contributed by atoms with Gasteiger partial charge in [-0.2, -0.15) is 5.10 Å². The monoisotopic (exact) mass is 309 g/mol. The fraction of sp³-hybridized carbons (Fsp3) is 0.333. The van der Waals surface area contributed by atoms with Crippen molar-refractivity contribution in [2.45, 2.75) is 25.9 Å². The minimum Gasteiger partial charge on any atom is -0.393 e. The number of aromatic nitrogens is 2. The molecule has 3 N–H and O–H groups in total. The van der Waals surface area contributed by atoms with Crippen LogP contribution in [0.15, 0.2) is 24.4 Å². The van der Waals surface area contributed by atoms with Crippen molar-refractivity contribution in [3.05, 3.63) is 41.6 Å². The lowest BCUT2D eigenvalue weighted by molar-refractivity contribution is 0.0942. The van der Waals surface area contributed by atoms with Gasteiger partial charge >= 0.3 is 0 Å². The SMILES string of the molecule is CCC(O)CCNC(=O)c1cn[nH]c1-c1c(F)cccc1F. The van der Waals surface area contributed by atoms with Crippen molar-refractivity contribution in [1.29, 1.82) is 0 Å². The van der Waals surface area contributed by atoms with Crippen molar-refractivity contribution < 1.29 is 18.7 Å². The molecule has 0 radical (unpaired) electrons. The molecular formula is C15H17F2N3O2. The molecule has 1 atom stereocenters. The third kappa shape index (κ3) is 3.48. The van der Waals surface area contributed by atoms with Crippen LogP contribution in [0.25, 0.3) is 11.3 Å². The van der Waals surface area contributed by atoms with Crippen LogP contribution in [0.4, 0.5) is 8.78 Å². The molecule has 0 aliphatic heterocycles. The third-order valence-electron chi connectivity index (χ3n) is 3.33. The first-order valence-corrected chi connectivity index (χ1v) is 6.98. The largest absolute Gasteiger partial charge is 0.393 e. The van der Waals surface area contributed by atoms with Gasteiger partial charge in [-0.05, 0) is 25.0 Å². The van der Waals surface area contributed by atoms with E-state index in [4.69, 9.17) is 0 Å². The molecule has 0 fully saturated rings. The van der Waals surface area contributed by atoms with Crippen LogP contribution >= 0.6 is 0 Å². The van der Waals surface area contributed by atoms with Gasteiger partial charge in [0.1, 0.15) is 11.6 Å². The number of benzene rings is 1. The number of hydrogen-bond acceptors (Lipinski definition) is 3. The number of nitrogens with zero attached hydrogens (tertiary/aromatic N) is 1. The minimum absolute atomic E-state index is 0.0101. The summed E-state index contributed by atoms with van der Waals surface area (Å²) in [7, 11) is 0. The zero-order valence-electron chi connectivity index (χ0n) is 12.1. The summed E-state index contributed by atoms with van der Waals surface area (Å²) >= 11 is 0. The van der Waals surface area contributed by atoms with E-state index in [9.17, 15) is 18.7 Å². The molecule has 1 unspecified atom stereocenters. The first kappa shape index (κ1) is 16.1. The highest BCUT2D eigenvalue weighted by molar-refractivity contribution is 5.99. The fourth-order valence-corrected chi connectivity index (χ4v) is 2.04. The Morgan fingerprint density at radius 1 is 1.41 bits per heavy atom. The normalized spacial score (nSPS) is 12.2. The number of rotatable bonds is 6. The Labute approximate surface area is 126 Å². The van der Waals surface area contributed by atoms with Crippen molar-refractivity contribution in [2.75, 3.05) is 6.54 Å². The van der Waals surface area contributed by atoms with Crippen LogP contribution < -0.4 is 5.32 Å². The molecule has 0 saturated carbocycles. The number of carbonyl (C=O) groups excluding carboxylic acids is 1. The van der Waals surface area contributed by atoms with Crippen molar-refractivity contribution >= 4 is 5.91 Å². The van der Waals surface area contributed by atoms with Gasteiger partial charge in [0.15, 0.2) is 0 Å². The van der Waals surface area contributed by atoms with Crippen molar-refractivity contribution in [3.8, 4) is 11.3 Å². The first-order valence-electron chi connectivity index (χ1n) is 6.98. The van der Waals surface area contributed by atoms with Gasteiger partial charge in [0, 0.05) is 6.54 Å². The number of halogens is 2. The number of amides is 1. The van der Waals surface area contributed by atoms with Crippen LogP contribution in [0, 0.1) is 11.6 Å². The Bertz CT molecular complexity index is 638. The lowest BCUT2D eigenvalue weighted by Crippen LogP contribution is -2.27. The van der Waals surface area contributed by atoms with Gasteiger partial charge in [-0.25, -0.2) is 8.78 Å². The maximum absolute atomic E-state index is 13.8. The summed E-state index contributed by atoms with van der Waals surface area (Å²) in [4.78, 5) is 12.1. The molecule has 0 aliphatic carbocycles. The fourth-order valence-electron chi connectivity index (χ4n) is 2.04. The highest BCUT2D eigenvalue weighted by atomic mass is 19.1. The van der Waals surface area contributed by atoms with E-state index in [0.29, 0.717) is 12.8 Å². The maximum atomic E-state index is 13.8. The summed E-state index contributed by atoms with van der Waals surface area (Å²) in [6.45, 7) is 2.10. The Kier molecular flexibility index (Phi) is 5.21. The lowest BCUT2D eigenvalue weighted by Gasteiger charge is -2.09. The summed E-state index contributed by atoms with van der Waals surface area (Å²) in [6.07, 6.45) is 1.72. The van der Waals surface area contributed by atoms with Crippen LogP contribution in [-0.2, 0) is 0 Å². The second kappa shape index (κ2) is 7.13. The minimum atomic E-state index is -0.778. The molecule has 0 spiro atoms. The molecule has 2 aromatic rings. The smallest absolute Gasteiger partial charge is 0.255 e. The van der Waals surface area contributed by atoms with E-state index in [1.54, 1.807) is 0 Å². The predicted octanol–water partition coefficient (Wildman–Crippen LogP) is 2.25. The van der Waals surface area contributed by atoms with E-state index in [1.807, 2.05) is 6.92 Å². The molecule has 1 aromatic heterocycles. The Morgan fingerprint density at radius 3 is 2.73 bits per heavy atom. The van der Waals surface area contributed by atoms with Crippen LogP contribution in [0.1, 0.15) is 30.1 Å². The van der Waals surface area contributed by atoms with Gasteiger partial charge in [-0.1, -0.05) is 13.0 Å². The number of aliphatic hydroxyl groups is 1. The number of nitrogens with one attached hydrogen (secondary N) is 2. The molecule has 1 amide bonds. The Balaban J connectivity index is 2.18. The molecule has 5 nitrogen and oxygen atoms in total. The van der Waals surface area contributed by atoms with E-state index < -0.39 is 23.6 Å². The Hall–Kier alpha value is -2.28. The van der Waals surface area contributed by atoms with Crippen LogP contribution in [0.2, 0.25) is 0 Å². The summed E-state index contributed by atoms with van der Waals surface area (Å²) in [5, 5.41) is 18.2. The van der Waals surface area contributed by atoms with Crippen molar-refractivity contribution in [3.63, 3.8) is 0 Å². The topological polar surface area (TPSA) is 78.0 Å². The lowest BCUT2D eigenvalue weighted by atomic mass is 10.1. The number of hydrogen-bond donors (Lipinski definition) is 3. The quantitative estimate of drug-likeness (QED) is 0.766. The summed E-state index contributed by atoms with van der Waals surface area (Å²) in [5.41, 5.74) is -0.280. The average molecular weight is 309 g/mol. The van der Waals surface area contributed by atoms with Gasteiger partial charge in [0.2, 0.25) is 0 Å². The van der Waals surface area contributed by atoms with Crippen LogP contribution in [0.3, 0.4) is 0 Å². The molecule has 1 heterocycles. The molecule has 2 rings (SSSR count). The molecule has 118 valence electrons. The van der Waals surface area contributed by atoms with E-state index in [1.165, 1.54) is 12.3 Å². The van der Waals surface area contributed by atoms with Gasteiger partial charge in [-0.3, -0.25) is 9.89 Å². The molecule has 0 bridgehead atoms. The van der Waals surface area contributed by atoms with Gasteiger partial charge in [0.05, 0.1) is 29.1 Å². The number of aliphatic hydroxyl groups excluding tert-OH is 1. The summed E-state index contributed by atoms with van der Waals surface area (Å²) in [6, 6.07) is 3.47. The number of carbonyl (C=O) groups is 1. The highest BCUT2D eigenvalue weighted by Gasteiger charge is 2.20. The predicted molar refractivity (Wildman–Crippen MR) is 77.2 cm³/mol. The molecule has 22 heavy (non-hydrogen) atoms. The molecule has 0 aliphatic rings. The zero-order valence-corrected chi connectivity index (χ0v) is 12.1. The van der Waals surface area contributed by atoms with E-state index >= 15 is 0 Å². The van der Waals surface area contributed by atoms with Crippen molar-refractivity contribution in [2.24, 2.45) is 0 Å². The average Bonchev–Trinajstić information content (AvgIpc) is 2.96. The molecule has 0 saturated heterocycles. The number of aromatic amines is 1. The Morgan fingerprint density at radius 2 is 2.09 bits per heavy atom. The van der Waals surface area contributed by atoms with Crippen molar-refractivity contribution in [1.82, 2.24) is 15.5 Å². The number of H-pyrrole nitrogens is 1. The molecular weight excluding hydrogens is 292 g/mol. The van der Waals surface area contributed by atoms with Gasteiger partial charge in [0.25, 0.3) is 5.91 Å².